The maximum atomic E-state index is 11.8. The van der Waals surface area contributed by atoms with Crippen molar-refractivity contribution in [2.75, 3.05) is 6.61 Å². The van der Waals surface area contributed by atoms with Crippen LogP contribution in [0.3, 0.4) is 0 Å². The topological polar surface area (TPSA) is 63.6 Å². The minimum absolute atomic E-state index is 0.217. The molecule has 0 saturated carbocycles. The lowest BCUT2D eigenvalue weighted by atomic mass is 9.77. The van der Waals surface area contributed by atoms with Gasteiger partial charge in [-0.3, -0.25) is 9.59 Å². The maximum absolute atomic E-state index is 11.8. The highest BCUT2D eigenvalue weighted by Gasteiger charge is 2.47. The van der Waals surface area contributed by atoms with Crippen molar-refractivity contribution in [2.45, 2.75) is 33.1 Å². The summed E-state index contributed by atoms with van der Waals surface area (Å²) in [5.41, 5.74) is -1.36. The largest absolute Gasteiger partial charge is 0.480 e. The van der Waals surface area contributed by atoms with Gasteiger partial charge < -0.3 is 9.84 Å². The third-order valence-corrected chi connectivity index (χ3v) is 2.72. The fourth-order valence-electron chi connectivity index (χ4n) is 1.68. The number of carbonyl (C=O) groups excluding carboxylic acids is 1. The first-order valence-electron chi connectivity index (χ1n) is 5.54. The van der Waals surface area contributed by atoms with Crippen molar-refractivity contribution in [3.05, 3.63) is 12.2 Å². The molecule has 16 heavy (non-hydrogen) atoms. The van der Waals surface area contributed by atoms with Crippen LogP contribution < -0.4 is 0 Å². The van der Waals surface area contributed by atoms with Gasteiger partial charge in [-0.25, -0.2) is 0 Å². The lowest BCUT2D eigenvalue weighted by Gasteiger charge is -2.28. The molecule has 0 heterocycles. The molecule has 1 unspecified atom stereocenters. The fourth-order valence-corrected chi connectivity index (χ4v) is 1.68. The standard InChI is InChI=1S/C12H18O4/c1-9(2)8-16-11(15)12(10(13)14)6-4-3-5-7-12/h3-4,9H,5-8H2,1-2H3,(H,13,14). The molecule has 0 aromatic rings. The van der Waals surface area contributed by atoms with Gasteiger partial charge in [-0.1, -0.05) is 26.0 Å². The Bertz CT molecular complexity index is 306. The van der Waals surface area contributed by atoms with E-state index < -0.39 is 17.4 Å². The first kappa shape index (κ1) is 12.7. The molecule has 4 nitrogen and oxygen atoms in total. The summed E-state index contributed by atoms with van der Waals surface area (Å²) in [7, 11) is 0. The van der Waals surface area contributed by atoms with E-state index in [1.807, 2.05) is 19.9 Å². The smallest absolute Gasteiger partial charge is 0.323 e. The minimum atomic E-state index is -1.36. The summed E-state index contributed by atoms with van der Waals surface area (Å²) in [5.74, 6) is -1.46. The number of hydrogen-bond acceptors (Lipinski definition) is 3. The van der Waals surface area contributed by atoms with Gasteiger partial charge in [-0.05, 0) is 25.2 Å². The summed E-state index contributed by atoms with van der Waals surface area (Å²) in [5, 5.41) is 9.19. The van der Waals surface area contributed by atoms with E-state index in [2.05, 4.69) is 0 Å². The van der Waals surface area contributed by atoms with E-state index in [1.165, 1.54) is 0 Å². The molecule has 0 aromatic heterocycles. The number of carbonyl (C=O) groups is 2. The zero-order valence-electron chi connectivity index (χ0n) is 9.73. The molecule has 0 saturated heterocycles. The molecule has 1 aliphatic carbocycles. The number of hydrogen-bond donors (Lipinski definition) is 1. The highest BCUT2D eigenvalue weighted by Crippen LogP contribution is 2.34. The summed E-state index contributed by atoms with van der Waals surface area (Å²) in [6, 6.07) is 0. The van der Waals surface area contributed by atoms with E-state index in [1.54, 1.807) is 6.08 Å². The van der Waals surface area contributed by atoms with Crippen LogP contribution in [0, 0.1) is 11.3 Å². The second-order valence-electron chi connectivity index (χ2n) is 4.59. The Kier molecular flexibility index (Phi) is 4.10. The summed E-state index contributed by atoms with van der Waals surface area (Å²) in [4.78, 5) is 23.1. The number of ether oxygens (including phenoxy) is 1. The predicted octanol–water partition coefficient (Wildman–Crippen LogP) is 2.00. The van der Waals surface area contributed by atoms with Gasteiger partial charge in [0.25, 0.3) is 0 Å². The van der Waals surface area contributed by atoms with Gasteiger partial charge in [0.15, 0.2) is 5.41 Å². The quantitative estimate of drug-likeness (QED) is 0.452. The highest BCUT2D eigenvalue weighted by molar-refractivity contribution is 5.99. The molecule has 0 radical (unpaired) electrons. The molecule has 1 atom stereocenters. The van der Waals surface area contributed by atoms with Crippen molar-refractivity contribution < 1.29 is 19.4 Å². The molecule has 0 bridgehead atoms. The second-order valence-corrected chi connectivity index (χ2v) is 4.59. The molecule has 0 spiro atoms. The van der Waals surface area contributed by atoms with Crippen LogP contribution in [0.15, 0.2) is 12.2 Å². The maximum Gasteiger partial charge on any atom is 0.323 e. The van der Waals surface area contributed by atoms with Crippen molar-refractivity contribution in [2.24, 2.45) is 11.3 Å². The summed E-state index contributed by atoms with van der Waals surface area (Å²) >= 11 is 0. The number of esters is 1. The van der Waals surface area contributed by atoms with Crippen molar-refractivity contribution in [3.8, 4) is 0 Å². The number of carboxylic acid groups (broad SMARTS) is 1. The lowest BCUT2D eigenvalue weighted by Crippen LogP contribution is -2.41. The van der Waals surface area contributed by atoms with Gasteiger partial charge in [-0.2, -0.15) is 0 Å². The molecule has 0 fully saturated rings. The van der Waals surface area contributed by atoms with Gasteiger partial charge in [0, 0.05) is 0 Å². The molecule has 0 aromatic carbocycles. The van der Waals surface area contributed by atoms with Gasteiger partial charge in [0.2, 0.25) is 0 Å². The van der Waals surface area contributed by atoms with E-state index in [0.29, 0.717) is 12.8 Å². The van der Waals surface area contributed by atoms with E-state index in [4.69, 9.17) is 4.74 Å². The molecule has 1 rings (SSSR count). The fraction of sp³-hybridized carbons (Fsp3) is 0.667. The van der Waals surface area contributed by atoms with E-state index >= 15 is 0 Å². The normalized spacial score (nSPS) is 24.4. The Balaban J connectivity index is 2.74. The van der Waals surface area contributed by atoms with Crippen LogP contribution in [0.25, 0.3) is 0 Å². The van der Waals surface area contributed by atoms with E-state index in [-0.39, 0.29) is 18.9 Å². The van der Waals surface area contributed by atoms with Crippen LogP contribution in [0.2, 0.25) is 0 Å². The summed E-state index contributed by atoms with van der Waals surface area (Å²) < 4.78 is 5.05. The van der Waals surface area contributed by atoms with Gasteiger partial charge >= 0.3 is 11.9 Å². The average Bonchev–Trinajstić information content (AvgIpc) is 2.26. The zero-order valence-corrected chi connectivity index (χ0v) is 9.73. The highest BCUT2D eigenvalue weighted by atomic mass is 16.5. The molecule has 4 heteroatoms. The van der Waals surface area contributed by atoms with Gasteiger partial charge in [0.05, 0.1) is 6.61 Å². The SMILES string of the molecule is CC(C)COC(=O)C1(C(=O)O)CC=CCC1. The van der Waals surface area contributed by atoms with Crippen molar-refractivity contribution in [1.82, 2.24) is 0 Å². The third kappa shape index (κ3) is 2.62. The molecular formula is C12H18O4. The molecule has 0 aliphatic heterocycles. The molecule has 0 amide bonds. The number of aliphatic carboxylic acids is 1. The van der Waals surface area contributed by atoms with Crippen LogP contribution in [0.5, 0.6) is 0 Å². The summed E-state index contributed by atoms with van der Waals surface area (Å²) in [6.45, 7) is 4.11. The van der Waals surface area contributed by atoms with Crippen LogP contribution in [0.1, 0.15) is 33.1 Å². The number of allylic oxidation sites excluding steroid dienone is 2. The van der Waals surface area contributed by atoms with Crippen molar-refractivity contribution >= 4 is 11.9 Å². The van der Waals surface area contributed by atoms with Crippen molar-refractivity contribution in [3.63, 3.8) is 0 Å². The zero-order chi connectivity index (χ0) is 12.2. The number of carboxylic acids is 1. The second kappa shape index (κ2) is 5.14. The third-order valence-electron chi connectivity index (χ3n) is 2.72. The number of rotatable bonds is 4. The first-order valence-corrected chi connectivity index (χ1v) is 5.54. The average molecular weight is 226 g/mol. The van der Waals surface area contributed by atoms with Crippen LogP contribution in [-0.4, -0.2) is 23.7 Å². The summed E-state index contributed by atoms with van der Waals surface area (Å²) in [6.07, 6.45) is 4.82. The lowest BCUT2D eigenvalue weighted by molar-refractivity contribution is -0.170. The first-order chi connectivity index (χ1) is 7.49. The molecule has 1 N–H and O–H groups in total. The Hall–Kier alpha value is -1.32. The minimum Gasteiger partial charge on any atom is -0.480 e. The van der Waals surface area contributed by atoms with Gasteiger partial charge in [0.1, 0.15) is 0 Å². The molecule has 90 valence electrons. The Labute approximate surface area is 95.3 Å². The Morgan fingerprint density at radius 1 is 1.44 bits per heavy atom. The van der Waals surface area contributed by atoms with E-state index in [0.717, 1.165) is 0 Å². The van der Waals surface area contributed by atoms with Gasteiger partial charge in [-0.15, -0.1) is 0 Å². The van der Waals surface area contributed by atoms with Crippen LogP contribution in [-0.2, 0) is 14.3 Å². The molecular weight excluding hydrogens is 208 g/mol. The van der Waals surface area contributed by atoms with Crippen molar-refractivity contribution in [1.29, 1.82) is 0 Å². The van der Waals surface area contributed by atoms with Crippen LogP contribution in [0.4, 0.5) is 0 Å². The predicted molar refractivity (Wildman–Crippen MR) is 58.9 cm³/mol. The van der Waals surface area contributed by atoms with E-state index in [9.17, 15) is 14.7 Å². The Morgan fingerprint density at radius 2 is 2.12 bits per heavy atom. The monoisotopic (exact) mass is 226 g/mol. The Morgan fingerprint density at radius 3 is 2.56 bits per heavy atom. The van der Waals surface area contributed by atoms with Crippen LogP contribution >= 0.6 is 0 Å². The molecule has 1 aliphatic rings.